The second kappa shape index (κ2) is 7.72. The summed E-state index contributed by atoms with van der Waals surface area (Å²) in [6.45, 7) is 1.65. The Morgan fingerprint density at radius 3 is 1.48 bits per heavy atom. The van der Waals surface area contributed by atoms with E-state index >= 15 is 0 Å². The Kier molecular flexibility index (Phi) is 4.96. The van der Waals surface area contributed by atoms with Crippen molar-refractivity contribution in [1.82, 2.24) is 0 Å². The van der Waals surface area contributed by atoms with E-state index in [2.05, 4.69) is 0 Å². The maximum atomic E-state index is 13.4. The molecule has 5 heteroatoms. The highest BCUT2D eigenvalue weighted by Gasteiger charge is 2.51. The van der Waals surface area contributed by atoms with Gasteiger partial charge in [-0.2, -0.15) is 0 Å². The van der Waals surface area contributed by atoms with Gasteiger partial charge in [-0.3, -0.25) is 14.4 Å². The topological polar surface area (TPSA) is 57.7 Å². The Labute approximate surface area is 169 Å². The molecule has 1 saturated heterocycles. The molecule has 4 rings (SSSR count). The van der Waals surface area contributed by atoms with Crippen molar-refractivity contribution in [2.75, 3.05) is 10.0 Å². The average molecular weight is 384 g/mol. The standard InChI is InChI=1S/C24H20N2O3/c1-17(22(27)18-11-5-2-6-12-18)21-23(28)25(19-13-7-3-8-14-19)26(24(21)29)20-15-9-4-10-16-20/h2-17,21H,1H3. The first-order chi connectivity index (χ1) is 14.1. The molecule has 1 atom stereocenters. The van der Waals surface area contributed by atoms with Gasteiger partial charge in [0.05, 0.1) is 11.4 Å². The van der Waals surface area contributed by atoms with Crippen molar-refractivity contribution in [3.05, 3.63) is 96.6 Å². The highest BCUT2D eigenvalue weighted by molar-refractivity contribution is 6.25. The van der Waals surface area contributed by atoms with E-state index in [1.807, 2.05) is 42.5 Å². The van der Waals surface area contributed by atoms with Crippen LogP contribution in [-0.2, 0) is 9.59 Å². The number of amides is 2. The van der Waals surface area contributed by atoms with Gasteiger partial charge in [-0.05, 0) is 24.3 Å². The van der Waals surface area contributed by atoms with Crippen molar-refractivity contribution in [3.8, 4) is 0 Å². The van der Waals surface area contributed by atoms with E-state index in [9.17, 15) is 14.4 Å². The lowest BCUT2D eigenvalue weighted by molar-refractivity contribution is -0.128. The fraction of sp³-hybridized carbons (Fsp3) is 0.125. The predicted molar refractivity (Wildman–Crippen MR) is 111 cm³/mol. The first kappa shape index (κ1) is 18.6. The number of carbonyl (C=O) groups excluding carboxylic acids is 3. The van der Waals surface area contributed by atoms with Crippen LogP contribution in [-0.4, -0.2) is 17.6 Å². The van der Waals surface area contributed by atoms with Gasteiger partial charge in [0.1, 0.15) is 5.92 Å². The number of hydrogen-bond donors (Lipinski definition) is 0. The highest BCUT2D eigenvalue weighted by Crippen LogP contribution is 2.35. The molecule has 3 aromatic carbocycles. The minimum atomic E-state index is -1.08. The van der Waals surface area contributed by atoms with Crippen molar-refractivity contribution in [1.29, 1.82) is 0 Å². The van der Waals surface area contributed by atoms with Gasteiger partial charge < -0.3 is 0 Å². The maximum Gasteiger partial charge on any atom is 0.259 e. The molecule has 1 heterocycles. The summed E-state index contributed by atoms with van der Waals surface area (Å²) in [5.74, 6) is -2.88. The van der Waals surface area contributed by atoms with Crippen LogP contribution in [0.4, 0.5) is 11.4 Å². The summed E-state index contributed by atoms with van der Waals surface area (Å²) in [5.41, 5.74) is 1.65. The fourth-order valence-corrected chi connectivity index (χ4v) is 3.63. The maximum absolute atomic E-state index is 13.4. The van der Waals surface area contributed by atoms with Crippen LogP contribution < -0.4 is 10.0 Å². The van der Waals surface area contributed by atoms with Crippen LogP contribution in [0.3, 0.4) is 0 Å². The summed E-state index contributed by atoms with van der Waals surface area (Å²) < 4.78 is 0. The Balaban J connectivity index is 1.75. The van der Waals surface area contributed by atoms with E-state index in [4.69, 9.17) is 0 Å². The van der Waals surface area contributed by atoms with Crippen LogP contribution in [0.1, 0.15) is 17.3 Å². The smallest absolute Gasteiger partial charge is 0.259 e. The summed E-state index contributed by atoms with van der Waals surface area (Å²) in [4.78, 5) is 39.7. The number of ketones is 1. The molecule has 5 nitrogen and oxygen atoms in total. The van der Waals surface area contributed by atoms with Gasteiger partial charge in [0.15, 0.2) is 5.78 Å². The van der Waals surface area contributed by atoms with Crippen LogP contribution in [0.25, 0.3) is 0 Å². The second-order valence-corrected chi connectivity index (χ2v) is 6.97. The fourth-order valence-electron chi connectivity index (χ4n) is 3.63. The number of benzene rings is 3. The lowest BCUT2D eigenvalue weighted by Crippen LogP contribution is -2.41. The first-order valence-corrected chi connectivity index (χ1v) is 9.47. The molecule has 0 aliphatic carbocycles. The van der Waals surface area contributed by atoms with Crippen LogP contribution in [0.15, 0.2) is 91.0 Å². The van der Waals surface area contributed by atoms with Gasteiger partial charge in [-0.15, -0.1) is 0 Å². The van der Waals surface area contributed by atoms with Crippen molar-refractivity contribution >= 4 is 29.0 Å². The van der Waals surface area contributed by atoms with Crippen molar-refractivity contribution < 1.29 is 14.4 Å². The molecule has 0 bridgehead atoms. The molecule has 1 unspecified atom stereocenters. The molecule has 0 aromatic heterocycles. The molecule has 144 valence electrons. The van der Waals surface area contributed by atoms with E-state index in [-0.39, 0.29) is 5.78 Å². The molecular formula is C24H20N2O3. The molecule has 1 aliphatic heterocycles. The van der Waals surface area contributed by atoms with Crippen LogP contribution in [0.2, 0.25) is 0 Å². The molecule has 0 radical (unpaired) electrons. The van der Waals surface area contributed by atoms with Crippen LogP contribution in [0, 0.1) is 11.8 Å². The van der Waals surface area contributed by atoms with Crippen LogP contribution in [0.5, 0.6) is 0 Å². The summed E-state index contributed by atoms with van der Waals surface area (Å²) in [6.07, 6.45) is 0. The van der Waals surface area contributed by atoms with Gasteiger partial charge >= 0.3 is 0 Å². The first-order valence-electron chi connectivity index (χ1n) is 9.47. The third kappa shape index (κ3) is 3.31. The van der Waals surface area contributed by atoms with Crippen molar-refractivity contribution in [2.45, 2.75) is 6.92 Å². The third-order valence-corrected chi connectivity index (χ3v) is 5.12. The molecular weight excluding hydrogens is 364 g/mol. The second-order valence-electron chi connectivity index (χ2n) is 6.97. The number of nitrogens with zero attached hydrogens (tertiary/aromatic N) is 2. The SMILES string of the molecule is CC(C(=O)c1ccccc1)C1C(=O)N(c2ccccc2)N(c2ccccc2)C1=O. The molecule has 0 N–H and O–H groups in total. The van der Waals surface area contributed by atoms with E-state index in [1.54, 1.807) is 55.5 Å². The van der Waals surface area contributed by atoms with Crippen LogP contribution >= 0.6 is 0 Å². The zero-order valence-corrected chi connectivity index (χ0v) is 15.9. The predicted octanol–water partition coefficient (Wildman–Crippen LogP) is 4.12. The molecule has 0 saturated carbocycles. The lowest BCUT2D eigenvalue weighted by Gasteiger charge is -2.27. The molecule has 2 amide bonds. The molecule has 1 fully saturated rings. The van der Waals surface area contributed by atoms with E-state index in [0.717, 1.165) is 0 Å². The number of Topliss-reactive ketones (excluding diaryl/α,β-unsaturated/α-hetero) is 1. The van der Waals surface area contributed by atoms with E-state index in [1.165, 1.54) is 10.0 Å². The summed E-state index contributed by atoms with van der Waals surface area (Å²) in [7, 11) is 0. The van der Waals surface area contributed by atoms with Gasteiger partial charge in [-0.25, -0.2) is 10.0 Å². The number of rotatable bonds is 5. The lowest BCUT2D eigenvalue weighted by atomic mass is 9.86. The quantitative estimate of drug-likeness (QED) is 0.491. The monoisotopic (exact) mass is 384 g/mol. The minimum Gasteiger partial charge on any atom is -0.294 e. The zero-order chi connectivity index (χ0) is 20.4. The molecule has 1 aliphatic rings. The van der Waals surface area contributed by atoms with Crippen molar-refractivity contribution in [2.24, 2.45) is 11.8 Å². The van der Waals surface area contributed by atoms with E-state index in [0.29, 0.717) is 16.9 Å². The normalized spacial score (nSPS) is 15.6. The Morgan fingerprint density at radius 2 is 1.07 bits per heavy atom. The number of hydrazine groups is 1. The van der Waals surface area contributed by atoms with Gasteiger partial charge in [0.2, 0.25) is 0 Å². The summed E-state index contributed by atoms with van der Waals surface area (Å²) >= 11 is 0. The molecule has 29 heavy (non-hydrogen) atoms. The highest BCUT2D eigenvalue weighted by atomic mass is 16.2. The number of anilines is 2. The van der Waals surface area contributed by atoms with Crippen molar-refractivity contribution in [3.63, 3.8) is 0 Å². The number of para-hydroxylation sites is 2. The summed E-state index contributed by atoms with van der Waals surface area (Å²) in [6, 6.07) is 26.8. The Hall–Kier alpha value is -3.73. The summed E-state index contributed by atoms with van der Waals surface area (Å²) in [5, 5.41) is 2.74. The number of carbonyl (C=O) groups is 3. The largest absolute Gasteiger partial charge is 0.294 e. The zero-order valence-electron chi connectivity index (χ0n) is 15.9. The molecule has 0 spiro atoms. The Morgan fingerprint density at radius 1 is 0.690 bits per heavy atom. The van der Waals surface area contributed by atoms with Gasteiger partial charge in [0, 0.05) is 11.5 Å². The van der Waals surface area contributed by atoms with E-state index < -0.39 is 23.7 Å². The van der Waals surface area contributed by atoms with Gasteiger partial charge in [-0.1, -0.05) is 73.7 Å². The minimum absolute atomic E-state index is 0.222. The average Bonchev–Trinajstić information content (AvgIpc) is 3.04. The third-order valence-electron chi connectivity index (χ3n) is 5.12. The molecule has 3 aromatic rings. The number of hydrogen-bond acceptors (Lipinski definition) is 3. The van der Waals surface area contributed by atoms with Gasteiger partial charge in [0.25, 0.3) is 11.8 Å². The Bertz CT molecular complexity index is 978.